The summed E-state index contributed by atoms with van der Waals surface area (Å²) in [5.41, 5.74) is 2.76. The normalized spacial score (nSPS) is 10.7. The van der Waals surface area contributed by atoms with Crippen LogP contribution in [0, 0.1) is 0 Å². The van der Waals surface area contributed by atoms with E-state index in [9.17, 15) is 4.79 Å². The van der Waals surface area contributed by atoms with Crippen molar-refractivity contribution in [1.82, 2.24) is 15.3 Å². The summed E-state index contributed by atoms with van der Waals surface area (Å²) in [5, 5.41) is 2.79. The van der Waals surface area contributed by atoms with Crippen LogP contribution in [0.1, 0.15) is 5.56 Å². The van der Waals surface area contributed by atoms with Crippen LogP contribution in [-0.2, 0) is 11.2 Å². The number of carbonyl (C=O) groups is 1. The number of nitrogens with one attached hydrogen (secondary N) is 2. The summed E-state index contributed by atoms with van der Waals surface area (Å²) in [6, 6.07) is 3.85. The summed E-state index contributed by atoms with van der Waals surface area (Å²) in [6.07, 6.45) is 1.99. The first-order valence-electron chi connectivity index (χ1n) is 5.20. The molecule has 0 atom stereocenters. The summed E-state index contributed by atoms with van der Waals surface area (Å²) >= 11 is 7.49. The highest BCUT2D eigenvalue weighted by atomic mass is 79.9. The van der Waals surface area contributed by atoms with Gasteiger partial charge in [0.15, 0.2) is 0 Å². The number of carbonyl (C=O) groups excluding carboxylic acids is 1. The topological polar surface area (TPSA) is 57.8 Å². The maximum atomic E-state index is 11.6. The van der Waals surface area contributed by atoms with Crippen LogP contribution in [0.2, 0.25) is 0 Å². The van der Waals surface area contributed by atoms with E-state index in [-0.39, 0.29) is 5.91 Å². The molecule has 1 heterocycles. The van der Waals surface area contributed by atoms with Crippen molar-refractivity contribution >= 4 is 45.5 Å². The fraction of sp³-hybridized carbons (Fsp3) is 0.273. The summed E-state index contributed by atoms with van der Waals surface area (Å²) in [6.45, 7) is 0.589. The highest BCUT2D eigenvalue weighted by Gasteiger charge is 2.08. The number of hydrogen-bond acceptors (Lipinski definition) is 3. The average molecular weight is 314 g/mol. The van der Waals surface area contributed by atoms with Gasteiger partial charge in [-0.05, 0) is 17.7 Å². The first-order chi connectivity index (χ1) is 8.20. The highest BCUT2D eigenvalue weighted by Crippen LogP contribution is 2.22. The minimum atomic E-state index is -0.00128. The lowest BCUT2D eigenvalue weighted by Crippen LogP contribution is -2.26. The lowest BCUT2D eigenvalue weighted by molar-refractivity contribution is -0.120. The Morgan fingerprint density at radius 3 is 3.12 bits per heavy atom. The molecule has 0 unspecified atom stereocenters. The second kappa shape index (κ2) is 5.55. The molecule has 2 N–H and O–H groups in total. The molecular formula is C11H12BrN3OS. The van der Waals surface area contributed by atoms with Crippen molar-refractivity contribution in [1.29, 1.82) is 0 Å². The van der Waals surface area contributed by atoms with Crippen molar-refractivity contribution in [3.63, 3.8) is 0 Å². The SMILES string of the molecule is O=C(Cc1cc2[nH]cnc2cc1Br)NCCS. The van der Waals surface area contributed by atoms with Gasteiger partial charge in [0.25, 0.3) is 0 Å². The molecule has 1 aromatic heterocycles. The number of nitrogens with zero attached hydrogens (tertiary/aromatic N) is 1. The molecule has 0 saturated heterocycles. The van der Waals surface area contributed by atoms with Crippen LogP contribution in [0.4, 0.5) is 0 Å². The second-order valence-corrected chi connectivity index (χ2v) is 4.92. The van der Waals surface area contributed by atoms with Gasteiger partial charge in [0.2, 0.25) is 5.91 Å². The number of imidazole rings is 1. The number of benzene rings is 1. The highest BCUT2D eigenvalue weighted by molar-refractivity contribution is 9.10. The minimum Gasteiger partial charge on any atom is -0.355 e. The van der Waals surface area contributed by atoms with E-state index in [4.69, 9.17) is 0 Å². The molecule has 17 heavy (non-hydrogen) atoms. The van der Waals surface area contributed by atoms with Crippen LogP contribution in [0.5, 0.6) is 0 Å². The molecule has 0 aliphatic carbocycles. The minimum absolute atomic E-state index is 0.00128. The first kappa shape index (κ1) is 12.4. The number of hydrogen-bond donors (Lipinski definition) is 3. The smallest absolute Gasteiger partial charge is 0.224 e. The van der Waals surface area contributed by atoms with Crippen LogP contribution < -0.4 is 5.32 Å². The number of thiol groups is 1. The standard InChI is InChI=1S/C11H12BrN3OS/c12-8-5-10-9(14-6-15-10)3-7(8)4-11(16)13-1-2-17/h3,5-6,17H,1-2,4H2,(H,13,16)(H,14,15). The Balaban J connectivity index is 2.17. The van der Waals surface area contributed by atoms with Crippen molar-refractivity contribution in [2.75, 3.05) is 12.3 Å². The maximum absolute atomic E-state index is 11.6. The monoisotopic (exact) mass is 313 g/mol. The number of amides is 1. The van der Waals surface area contributed by atoms with Crippen molar-refractivity contribution in [3.8, 4) is 0 Å². The van der Waals surface area contributed by atoms with Gasteiger partial charge in [0.1, 0.15) is 0 Å². The van der Waals surface area contributed by atoms with Crippen molar-refractivity contribution in [2.45, 2.75) is 6.42 Å². The van der Waals surface area contributed by atoms with Gasteiger partial charge in [0, 0.05) is 16.8 Å². The quantitative estimate of drug-likeness (QED) is 0.755. The van der Waals surface area contributed by atoms with E-state index in [1.165, 1.54) is 0 Å². The molecule has 0 aliphatic heterocycles. The van der Waals surface area contributed by atoms with Crippen molar-refractivity contribution in [2.24, 2.45) is 0 Å². The zero-order chi connectivity index (χ0) is 12.3. The third kappa shape index (κ3) is 3.01. The number of aromatic nitrogens is 2. The van der Waals surface area contributed by atoms with Crippen LogP contribution >= 0.6 is 28.6 Å². The summed E-state index contributed by atoms with van der Waals surface area (Å²) in [5.74, 6) is 0.644. The van der Waals surface area contributed by atoms with Crippen molar-refractivity contribution < 1.29 is 4.79 Å². The number of fused-ring (bicyclic) bond motifs is 1. The largest absolute Gasteiger partial charge is 0.355 e. The molecule has 0 bridgehead atoms. The average Bonchev–Trinajstić information content (AvgIpc) is 2.74. The zero-order valence-electron chi connectivity index (χ0n) is 9.03. The predicted molar refractivity (Wildman–Crippen MR) is 74.4 cm³/mol. The van der Waals surface area contributed by atoms with E-state index < -0.39 is 0 Å². The predicted octanol–water partition coefficient (Wildman–Crippen LogP) is 1.91. The molecule has 1 aromatic carbocycles. The Morgan fingerprint density at radius 1 is 1.53 bits per heavy atom. The van der Waals surface area contributed by atoms with Crippen LogP contribution in [-0.4, -0.2) is 28.2 Å². The Labute approximate surface area is 113 Å². The van der Waals surface area contributed by atoms with Gasteiger partial charge in [-0.3, -0.25) is 4.79 Å². The molecule has 0 aliphatic rings. The fourth-order valence-corrected chi connectivity index (χ4v) is 2.15. The number of rotatable bonds is 4. The van der Waals surface area contributed by atoms with Gasteiger partial charge in [-0.2, -0.15) is 12.6 Å². The van der Waals surface area contributed by atoms with Gasteiger partial charge >= 0.3 is 0 Å². The van der Waals surface area contributed by atoms with Crippen LogP contribution in [0.25, 0.3) is 11.0 Å². The van der Waals surface area contributed by atoms with Gasteiger partial charge in [-0.15, -0.1) is 0 Å². The molecule has 90 valence electrons. The molecule has 6 heteroatoms. The van der Waals surface area contributed by atoms with E-state index >= 15 is 0 Å². The molecular weight excluding hydrogens is 302 g/mol. The number of H-pyrrole nitrogens is 1. The maximum Gasteiger partial charge on any atom is 0.224 e. The summed E-state index contributed by atoms with van der Waals surface area (Å²) in [7, 11) is 0. The van der Waals surface area contributed by atoms with Crippen LogP contribution in [0.15, 0.2) is 22.9 Å². The lowest BCUT2D eigenvalue weighted by atomic mass is 10.1. The Morgan fingerprint density at radius 2 is 2.35 bits per heavy atom. The Hall–Kier alpha value is -1.01. The third-order valence-corrected chi connectivity index (χ3v) is 3.34. The van der Waals surface area contributed by atoms with Gasteiger partial charge in [0.05, 0.1) is 23.8 Å². The summed E-state index contributed by atoms with van der Waals surface area (Å²) in [4.78, 5) is 18.8. The molecule has 1 amide bonds. The number of aromatic amines is 1. The molecule has 4 nitrogen and oxygen atoms in total. The van der Waals surface area contributed by atoms with E-state index in [1.54, 1.807) is 6.33 Å². The van der Waals surface area contributed by atoms with Gasteiger partial charge in [-0.25, -0.2) is 4.98 Å². The van der Waals surface area contributed by atoms with E-state index in [1.807, 2.05) is 12.1 Å². The second-order valence-electron chi connectivity index (χ2n) is 3.61. The van der Waals surface area contributed by atoms with Crippen molar-refractivity contribution in [3.05, 3.63) is 28.5 Å². The molecule has 0 spiro atoms. The summed E-state index contributed by atoms with van der Waals surface area (Å²) < 4.78 is 0.901. The zero-order valence-corrected chi connectivity index (χ0v) is 11.5. The Kier molecular flexibility index (Phi) is 4.06. The molecule has 0 radical (unpaired) electrons. The number of halogens is 1. The Bertz CT molecular complexity index is 540. The van der Waals surface area contributed by atoms with Crippen LogP contribution in [0.3, 0.4) is 0 Å². The lowest BCUT2D eigenvalue weighted by Gasteiger charge is -2.05. The molecule has 2 rings (SSSR count). The van der Waals surface area contributed by atoms with E-state index in [0.717, 1.165) is 21.1 Å². The fourth-order valence-electron chi connectivity index (χ4n) is 1.57. The first-order valence-corrected chi connectivity index (χ1v) is 6.62. The third-order valence-electron chi connectivity index (χ3n) is 2.37. The van der Waals surface area contributed by atoms with Gasteiger partial charge < -0.3 is 10.3 Å². The molecule has 0 fully saturated rings. The molecule has 2 aromatic rings. The molecule has 0 saturated carbocycles. The van der Waals surface area contributed by atoms with E-state index in [2.05, 4.69) is 43.8 Å². The van der Waals surface area contributed by atoms with Gasteiger partial charge in [-0.1, -0.05) is 15.9 Å². The van der Waals surface area contributed by atoms with E-state index in [0.29, 0.717) is 18.7 Å².